The number of nitrogens with zero attached hydrogens (tertiary/aromatic N) is 4. The van der Waals surface area contributed by atoms with Crippen molar-refractivity contribution in [3.05, 3.63) is 69.2 Å². The van der Waals surface area contributed by atoms with Crippen molar-refractivity contribution in [1.82, 2.24) is 14.8 Å². The van der Waals surface area contributed by atoms with E-state index in [4.69, 9.17) is 32.7 Å². The molecular formula is C28H25Cl2FN4O3S. The Bertz CT molecular complexity index is 1580. The van der Waals surface area contributed by atoms with Crippen molar-refractivity contribution in [3.63, 3.8) is 0 Å². The second-order valence-corrected chi connectivity index (χ2v) is 12.3. The Morgan fingerprint density at radius 2 is 2.00 bits per heavy atom. The zero-order valence-electron chi connectivity index (χ0n) is 21.1. The molecule has 2 saturated carbocycles. The number of methoxy groups -OCH3 is 1. The maximum absolute atomic E-state index is 14.7. The molecule has 1 saturated heterocycles. The van der Waals surface area contributed by atoms with Crippen LogP contribution in [0.4, 0.5) is 9.52 Å². The van der Waals surface area contributed by atoms with Gasteiger partial charge in [-0.15, -0.1) is 0 Å². The maximum Gasteiger partial charge on any atom is 0.338 e. The zero-order chi connectivity index (χ0) is 26.8. The van der Waals surface area contributed by atoms with Crippen LogP contribution in [0.5, 0.6) is 0 Å². The van der Waals surface area contributed by atoms with Crippen molar-refractivity contribution >= 4 is 55.9 Å². The molecule has 0 N–H and O–H groups in total. The molecule has 2 aromatic heterocycles. The fourth-order valence-corrected chi connectivity index (χ4v) is 7.67. The summed E-state index contributed by atoms with van der Waals surface area (Å²) in [5, 5.41) is 6.54. The van der Waals surface area contributed by atoms with Gasteiger partial charge in [-0.25, -0.2) is 18.9 Å². The van der Waals surface area contributed by atoms with Gasteiger partial charge in [0.15, 0.2) is 10.9 Å². The molecule has 3 fully saturated rings. The average molecular weight is 588 g/mol. The molecule has 3 heterocycles. The fourth-order valence-electron chi connectivity index (χ4n) is 6.02. The summed E-state index contributed by atoms with van der Waals surface area (Å²) in [5.74, 6) is -0.216. The molecule has 1 aliphatic heterocycles. The summed E-state index contributed by atoms with van der Waals surface area (Å²) in [5.41, 5.74) is 3.38. The van der Waals surface area contributed by atoms with Crippen LogP contribution in [0.15, 0.2) is 36.5 Å². The molecule has 2 aromatic carbocycles. The molecule has 0 radical (unpaired) electrons. The average Bonchev–Trinajstić information content (AvgIpc) is 3.24. The number of para-hydroxylation sites is 1. The summed E-state index contributed by atoms with van der Waals surface area (Å²) in [7, 11) is 1.29. The lowest BCUT2D eigenvalue weighted by molar-refractivity contribution is 0.00993. The minimum Gasteiger partial charge on any atom is -0.465 e. The molecule has 0 unspecified atom stereocenters. The standard InChI is InChI=1S/C28H25Cl2FN4O3S/c1-37-27(36)15-8-21(31)25-24(9-15)39-28(33-25)34-12-16-7-17(34)10-23(16)38-13-22-18(14-5-6-14)11-32-35(22)26-19(29)3-2-4-20(26)30/h2-4,8-9,11,14,16-17,23H,5-7,10,12-13H2,1H3/t16-,17-,23+/m0/s1. The number of ether oxygens (including phenoxy) is 2. The highest BCUT2D eigenvalue weighted by molar-refractivity contribution is 7.22. The monoisotopic (exact) mass is 586 g/mol. The van der Waals surface area contributed by atoms with Gasteiger partial charge in [0.25, 0.3) is 0 Å². The summed E-state index contributed by atoms with van der Waals surface area (Å²) >= 11 is 14.4. The second kappa shape index (κ2) is 9.73. The molecule has 0 amide bonds. The van der Waals surface area contributed by atoms with Crippen LogP contribution >= 0.6 is 34.5 Å². The number of fused-ring (bicyclic) bond motifs is 3. The van der Waals surface area contributed by atoms with Gasteiger partial charge >= 0.3 is 5.97 Å². The highest BCUT2D eigenvalue weighted by atomic mass is 35.5. The van der Waals surface area contributed by atoms with E-state index in [1.54, 1.807) is 6.07 Å². The molecule has 7 nitrogen and oxygen atoms in total. The van der Waals surface area contributed by atoms with Crippen LogP contribution in [0.2, 0.25) is 10.0 Å². The molecule has 4 aromatic rings. The Morgan fingerprint density at radius 3 is 2.69 bits per heavy atom. The molecule has 3 aliphatic rings. The quantitative estimate of drug-likeness (QED) is 0.222. The van der Waals surface area contributed by atoms with Crippen molar-refractivity contribution in [3.8, 4) is 5.69 Å². The first-order chi connectivity index (χ1) is 18.9. The number of hydrogen-bond acceptors (Lipinski definition) is 7. The van der Waals surface area contributed by atoms with Crippen molar-refractivity contribution in [2.24, 2.45) is 5.92 Å². The summed E-state index contributed by atoms with van der Waals surface area (Å²) in [6, 6.07) is 8.58. The number of esters is 1. The van der Waals surface area contributed by atoms with Crippen molar-refractivity contribution in [2.45, 2.75) is 50.4 Å². The third kappa shape index (κ3) is 4.40. The minimum absolute atomic E-state index is 0.111. The maximum atomic E-state index is 14.7. The summed E-state index contributed by atoms with van der Waals surface area (Å²) < 4.78 is 28.5. The topological polar surface area (TPSA) is 69.5 Å². The Hall–Kier alpha value is -2.72. The lowest BCUT2D eigenvalue weighted by atomic mass is 10.1. The van der Waals surface area contributed by atoms with Gasteiger partial charge in [0.05, 0.1) is 52.0 Å². The fraction of sp³-hybridized carbons (Fsp3) is 0.393. The molecular weight excluding hydrogens is 562 g/mol. The first-order valence-corrected chi connectivity index (χ1v) is 14.6. The highest BCUT2D eigenvalue weighted by Crippen LogP contribution is 2.46. The normalized spacial score (nSPS) is 22.3. The Morgan fingerprint density at radius 1 is 1.21 bits per heavy atom. The van der Waals surface area contributed by atoms with Crippen molar-refractivity contribution in [2.75, 3.05) is 18.6 Å². The number of piperidine rings is 1. The predicted octanol–water partition coefficient (Wildman–Crippen LogP) is 6.78. The minimum atomic E-state index is -0.561. The van der Waals surface area contributed by atoms with Crippen LogP contribution in [-0.4, -0.2) is 46.5 Å². The number of anilines is 1. The van der Waals surface area contributed by atoms with Gasteiger partial charge in [-0.05, 0) is 61.4 Å². The van der Waals surface area contributed by atoms with Gasteiger partial charge in [0.1, 0.15) is 11.2 Å². The number of aromatic nitrogens is 3. The molecule has 202 valence electrons. The van der Waals surface area contributed by atoms with E-state index in [1.807, 2.05) is 29.1 Å². The highest BCUT2D eigenvalue weighted by Gasteiger charge is 2.46. The van der Waals surface area contributed by atoms with Gasteiger partial charge < -0.3 is 14.4 Å². The van der Waals surface area contributed by atoms with Crippen LogP contribution in [0, 0.1) is 11.7 Å². The van der Waals surface area contributed by atoms with Crippen LogP contribution in [0.3, 0.4) is 0 Å². The Balaban J connectivity index is 1.08. The summed E-state index contributed by atoms with van der Waals surface area (Å²) in [6.07, 6.45) is 6.22. The van der Waals surface area contributed by atoms with E-state index in [9.17, 15) is 9.18 Å². The van der Waals surface area contributed by atoms with Gasteiger partial charge in [0, 0.05) is 18.5 Å². The number of rotatable bonds is 7. The van der Waals surface area contributed by atoms with Crippen LogP contribution in [0.1, 0.15) is 53.2 Å². The number of hydrogen-bond donors (Lipinski definition) is 0. The third-order valence-corrected chi connectivity index (χ3v) is 9.73. The SMILES string of the molecule is COC(=O)c1cc(F)c2nc(N3C[C@@H]4C[C@H]3C[C@H]4OCc3c(C4CC4)cnn3-c3c(Cl)cccc3Cl)sc2c1. The molecule has 2 bridgehead atoms. The number of carbonyl (C=O) groups is 1. The summed E-state index contributed by atoms with van der Waals surface area (Å²) in [4.78, 5) is 18.8. The molecule has 2 aliphatic carbocycles. The van der Waals surface area contributed by atoms with Gasteiger partial charge in [-0.1, -0.05) is 40.6 Å². The molecule has 3 atom stereocenters. The first kappa shape index (κ1) is 25.3. The van der Waals surface area contributed by atoms with Crippen molar-refractivity contribution < 1.29 is 18.7 Å². The number of halogens is 3. The van der Waals surface area contributed by atoms with Crippen LogP contribution in [0.25, 0.3) is 15.9 Å². The second-order valence-electron chi connectivity index (χ2n) is 10.5. The number of benzene rings is 2. The predicted molar refractivity (Wildman–Crippen MR) is 149 cm³/mol. The largest absolute Gasteiger partial charge is 0.465 e. The molecule has 0 spiro atoms. The van der Waals surface area contributed by atoms with Crippen LogP contribution in [-0.2, 0) is 16.1 Å². The third-order valence-electron chi connectivity index (χ3n) is 8.08. The lowest BCUT2D eigenvalue weighted by Crippen LogP contribution is -2.38. The smallest absolute Gasteiger partial charge is 0.338 e. The Labute approximate surface area is 238 Å². The number of thiazole rings is 1. The van der Waals surface area contributed by atoms with Gasteiger partial charge in [-0.3, -0.25) is 0 Å². The van der Waals surface area contributed by atoms with E-state index in [-0.39, 0.29) is 23.2 Å². The van der Waals surface area contributed by atoms with Gasteiger partial charge in [0.2, 0.25) is 0 Å². The summed E-state index contributed by atoms with van der Waals surface area (Å²) in [6.45, 7) is 1.23. The van der Waals surface area contributed by atoms with Crippen LogP contribution < -0.4 is 4.90 Å². The van der Waals surface area contributed by atoms with E-state index in [1.165, 1.54) is 30.1 Å². The lowest BCUT2D eigenvalue weighted by Gasteiger charge is -2.31. The first-order valence-electron chi connectivity index (χ1n) is 13.0. The van der Waals surface area contributed by atoms with Crippen molar-refractivity contribution in [1.29, 1.82) is 0 Å². The molecule has 11 heteroatoms. The zero-order valence-corrected chi connectivity index (χ0v) is 23.4. The van der Waals surface area contributed by atoms with E-state index in [2.05, 4.69) is 15.0 Å². The van der Waals surface area contributed by atoms with E-state index < -0.39 is 11.8 Å². The van der Waals surface area contributed by atoms with Gasteiger partial charge in [-0.2, -0.15) is 5.10 Å². The Kier molecular flexibility index (Phi) is 6.30. The number of carbonyl (C=O) groups excluding carboxylic acids is 1. The van der Waals surface area contributed by atoms with E-state index in [0.717, 1.165) is 43.1 Å². The van der Waals surface area contributed by atoms with E-state index in [0.29, 0.717) is 38.9 Å². The molecule has 39 heavy (non-hydrogen) atoms. The molecule has 7 rings (SSSR count). The van der Waals surface area contributed by atoms with E-state index >= 15 is 0 Å².